The number of fused-ring (bicyclic) bond motifs is 3. The average Bonchev–Trinajstić information content (AvgIpc) is 3.09. The van der Waals surface area contributed by atoms with Crippen molar-refractivity contribution in [2.45, 2.75) is 13.5 Å². The maximum atomic E-state index is 12.4. The van der Waals surface area contributed by atoms with Crippen LogP contribution in [0.2, 0.25) is 0 Å². The number of methoxy groups -OCH3 is 1. The largest absolute Gasteiger partial charge is 0.461 e. The molecule has 142 valence electrons. The van der Waals surface area contributed by atoms with Crippen LogP contribution in [0.25, 0.3) is 21.8 Å². The van der Waals surface area contributed by atoms with Crippen LogP contribution < -0.4 is 4.74 Å². The second-order valence-electron chi connectivity index (χ2n) is 6.25. The van der Waals surface area contributed by atoms with Crippen LogP contribution in [0, 0.1) is 0 Å². The van der Waals surface area contributed by atoms with E-state index in [0.29, 0.717) is 11.3 Å². The third-order valence-corrected chi connectivity index (χ3v) is 4.45. The molecule has 0 fully saturated rings. The minimum atomic E-state index is -0.466. The highest BCUT2D eigenvalue weighted by Crippen LogP contribution is 2.38. The minimum Gasteiger partial charge on any atom is -0.461 e. The standard InChI is InChI=1S/C22H20N2O4/c1-3-27-22(25)21-15(13-26-2)19-17(12-23-21)24-16-10-7-11-18(20(16)19)28-14-8-5-4-6-9-14/h4-12,24H,3,13H2,1-2H3. The fraction of sp³-hybridized carbons (Fsp3) is 0.182. The molecule has 28 heavy (non-hydrogen) atoms. The number of benzene rings is 2. The number of nitrogens with one attached hydrogen (secondary N) is 1. The Kier molecular flexibility index (Phi) is 4.95. The number of aromatic amines is 1. The summed E-state index contributed by atoms with van der Waals surface area (Å²) in [5.74, 6) is 0.956. The average molecular weight is 376 g/mol. The molecular formula is C22H20N2O4. The van der Waals surface area contributed by atoms with Crippen LogP contribution in [0.15, 0.2) is 54.7 Å². The monoisotopic (exact) mass is 376 g/mol. The smallest absolute Gasteiger partial charge is 0.357 e. The van der Waals surface area contributed by atoms with Crippen molar-refractivity contribution in [1.82, 2.24) is 9.97 Å². The van der Waals surface area contributed by atoms with E-state index >= 15 is 0 Å². The number of nitrogens with zero attached hydrogens (tertiary/aromatic N) is 1. The Morgan fingerprint density at radius 2 is 1.86 bits per heavy atom. The molecule has 0 saturated heterocycles. The lowest BCUT2D eigenvalue weighted by Gasteiger charge is -2.11. The number of rotatable bonds is 6. The van der Waals surface area contributed by atoms with Crippen LogP contribution >= 0.6 is 0 Å². The van der Waals surface area contributed by atoms with Crippen molar-refractivity contribution < 1.29 is 19.0 Å². The van der Waals surface area contributed by atoms with Crippen molar-refractivity contribution in [2.24, 2.45) is 0 Å². The Hall–Kier alpha value is -3.38. The summed E-state index contributed by atoms with van der Waals surface area (Å²) in [6, 6.07) is 15.4. The first-order valence-electron chi connectivity index (χ1n) is 9.04. The van der Waals surface area contributed by atoms with Crippen molar-refractivity contribution in [3.05, 3.63) is 66.0 Å². The lowest BCUT2D eigenvalue weighted by molar-refractivity contribution is 0.0514. The maximum Gasteiger partial charge on any atom is 0.357 e. The highest BCUT2D eigenvalue weighted by Gasteiger charge is 2.22. The number of hydrogen-bond donors (Lipinski definition) is 1. The summed E-state index contributed by atoms with van der Waals surface area (Å²) in [4.78, 5) is 20.1. The van der Waals surface area contributed by atoms with Gasteiger partial charge in [-0.2, -0.15) is 0 Å². The van der Waals surface area contributed by atoms with Crippen molar-refractivity contribution in [3.63, 3.8) is 0 Å². The van der Waals surface area contributed by atoms with E-state index < -0.39 is 5.97 Å². The number of esters is 1. The van der Waals surface area contributed by atoms with E-state index in [9.17, 15) is 4.79 Å². The molecule has 0 amide bonds. The number of para-hydroxylation sites is 1. The van der Waals surface area contributed by atoms with Crippen LogP contribution in [-0.4, -0.2) is 29.7 Å². The lowest BCUT2D eigenvalue weighted by atomic mass is 10.0. The zero-order chi connectivity index (χ0) is 19.5. The third-order valence-electron chi connectivity index (χ3n) is 4.45. The Morgan fingerprint density at radius 1 is 1.04 bits per heavy atom. The molecule has 0 bridgehead atoms. The highest BCUT2D eigenvalue weighted by atomic mass is 16.5. The Bertz CT molecular complexity index is 1140. The van der Waals surface area contributed by atoms with E-state index in [-0.39, 0.29) is 18.9 Å². The zero-order valence-corrected chi connectivity index (χ0v) is 15.7. The number of carbonyl (C=O) groups excluding carboxylic acids is 1. The summed E-state index contributed by atoms with van der Waals surface area (Å²) in [7, 11) is 1.59. The van der Waals surface area contributed by atoms with Gasteiger partial charge in [0.15, 0.2) is 5.69 Å². The molecule has 0 unspecified atom stereocenters. The van der Waals surface area contributed by atoms with Crippen LogP contribution in [0.3, 0.4) is 0 Å². The molecule has 0 aliphatic rings. The summed E-state index contributed by atoms with van der Waals surface area (Å²) < 4.78 is 16.7. The van der Waals surface area contributed by atoms with Gasteiger partial charge in [0, 0.05) is 18.1 Å². The fourth-order valence-electron chi connectivity index (χ4n) is 3.33. The predicted octanol–water partition coefficient (Wildman–Crippen LogP) is 4.83. The van der Waals surface area contributed by atoms with Crippen LogP contribution in [-0.2, 0) is 16.1 Å². The van der Waals surface area contributed by atoms with E-state index in [4.69, 9.17) is 14.2 Å². The number of pyridine rings is 1. The van der Waals surface area contributed by atoms with Gasteiger partial charge in [0.2, 0.25) is 0 Å². The molecule has 6 heteroatoms. The van der Waals surface area contributed by atoms with Crippen LogP contribution in [0.1, 0.15) is 23.0 Å². The first-order valence-corrected chi connectivity index (χ1v) is 9.04. The molecule has 1 N–H and O–H groups in total. The molecule has 2 aromatic heterocycles. The first kappa shape index (κ1) is 18.0. The van der Waals surface area contributed by atoms with Crippen LogP contribution in [0.5, 0.6) is 11.5 Å². The number of carbonyl (C=O) groups is 1. The Morgan fingerprint density at radius 3 is 2.61 bits per heavy atom. The zero-order valence-electron chi connectivity index (χ0n) is 15.7. The normalized spacial score (nSPS) is 11.1. The van der Waals surface area contributed by atoms with Gasteiger partial charge >= 0.3 is 5.97 Å². The van der Waals surface area contributed by atoms with Crippen molar-refractivity contribution in [3.8, 4) is 11.5 Å². The molecule has 6 nitrogen and oxygen atoms in total. The highest BCUT2D eigenvalue weighted by molar-refractivity contribution is 6.13. The summed E-state index contributed by atoms with van der Waals surface area (Å²) in [6.45, 7) is 2.27. The fourth-order valence-corrected chi connectivity index (χ4v) is 3.33. The molecule has 4 rings (SSSR count). The van der Waals surface area contributed by atoms with E-state index in [2.05, 4.69) is 9.97 Å². The van der Waals surface area contributed by atoms with Gasteiger partial charge in [-0.1, -0.05) is 24.3 Å². The van der Waals surface area contributed by atoms with E-state index in [1.807, 2.05) is 48.5 Å². The number of H-pyrrole nitrogens is 1. The quantitative estimate of drug-likeness (QED) is 0.488. The summed E-state index contributed by atoms with van der Waals surface area (Å²) in [5.41, 5.74) is 2.63. The van der Waals surface area contributed by atoms with Crippen molar-refractivity contribution in [2.75, 3.05) is 13.7 Å². The topological polar surface area (TPSA) is 73.4 Å². The molecule has 2 heterocycles. The van der Waals surface area contributed by atoms with Gasteiger partial charge in [0.1, 0.15) is 11.5 Å². The second-order valence-corrected chi connectivity index (χ2v) is 6.25. The summed E-state index contributed by atoms with van der Waals surface area (Å²) in [6.07, 6.45) is 1.65. The van der Waals surface area contributed by atoms with Crippen molar-refractivity contribution in [1.29, 1.82) is 0 Å². The maximum absolute atomic E-state index is 12.4. The SMILES string of the molecule is CCOC(=O)c1ncc2[nH]c3cccc(Oc4ccccc4)c3c2c1COC. The van der Waals surface area contributed by atoms with E-state index in [1.54, 1.807) is 20.2 Å². The molecule has 0 radical (unpaired) electrons. The summed E-state index contributed by atoms with van der Waals surface area (Å²) >= 11 is 0. The van der Waals surface area contributed by atoms with Crippen molar-refractivity contribution >= 4 is 27.8 Å². The number of ether oxygens (including phenoxy) is 3. The number of hydrogen-bond acceptors (Lipinski definition) is 5. The molecule has 0 atom stereocenters. The lowest BCUT2D eigenvalue weighted by Crippen LogP contribution is -2.11. The first-order chi connectivity index (χ1) is 13.7. The van der Waals surface area contributed by atoms with Gasteiger partial charge in [-0.05, 0) is 31.2 Å². The Labute approximate surface area is 162 Å². The van der Waals surface area contributed by atoms with Gasteiger partial charge in [-0.3, -0.25) is 0 Å². The van der Waals surface area contributed by atoms with E-state index in [1.165, 1.54) is 0 Å². The molecule has 4 aromatic rings. The van der Waals surface area contributed by atoms with Gasteiger partial charge in [0.05, 0.1) is 35.8 Å². The Balaban J connectivity index is 1.97. The summed E-state index contributed by atoms with van der Waals surface area (Å²) in [5, 5.41) is 1.72. The minimum absolute atomic E-state index is 0.227. The molecular weight excluding hydrogens is 356 g/mol. The molecule has 0 saturated carbocycles. The van der Waals surface area contributed by atoms with Gasteiger partial charge in [-0.25, -0.2) is 9.78 Å². The molecule has 2 aromatic carbocycles. The number of aromatic nitrogens is 2. The third kappa shape index (κ3) is 3.18. The van der Waals surface area contributed by atoms with Gasteiger partial charge < -0.3 is 19.2 Å². The van der Waals surface area contributed by atoms with E-state index in [0.717, 1.165) is 27.6 Å². The van der Waals surface area contributed by atoms with Gasteiger partial charge in [-0.15, -0.1) is 0 Å². The van der Waals surface area contributed by atoms with Gasteiger partial charge in [0.25, 0.3) is 0 Å². The predicted molar refractivity (Wildman–Crippen MR) is 107 cm³/mol. The molecule has 0 aliphatic carbocycles. The second kappa shape index (κ2) is 7.70. The molecule has 0 spiro atoms. The molecule has 0 aliphatic heterocycles. The van der Waals surface area contributed by atoms with Crippen LogP contribution in [0.4, 0.5) is 0 Å².